The van der Waals surface area contributed by atoms with Gasteiger partial charge in [0, 0.05) is 23.3 Å². The van der Waals surface area contributed by atoms with Crippen LogP contribution in [-0.2, 0) is 52.3 Å². The van der Waals surface area contributed by atoms with Crippen molar-refractivity contribution in [3.63, 3.8) is 0 Å². The van der Waals surface area contributed by atoms with E-state index in [4.69, 9.17) is 37.9 Å². The van der Waals surface area contributed by atoms with Gasteiger partial charge in [0.2, 0.25) is 0 Å². The second-order valence-electron chi connectivity index (χ2n) is 25.6. The van der Waals surface area contributed by atoms with Crippen LogP contribution in [0, 0.1) is 50.2 Å². The van der Waals surface area contributed by atoms with E-state index in [1.165, 1.54) is 6.92 Å². The van der Waals surface area contributed by atoms with E-state index < -0.39 is 193 Å². The normalized spacial score (nSPS) is 50.6. The summed E-state index contributed by atoms with van der Waals surface area (Å²) in [5.74, 6) is -3.82. The van der Waals surface area contributed by atoms with Gasteiger partial charge < -0.3 is 104 Å². The molecule has 3 aliphatic heterocycles. The fourth-order valence-electron chi connectivity index (χ4n) is 16.1. The number of carbonyl (C=O) groups excluding carboxylic acids is 2. The SMILES string of the molecule is C/C=C(\C)C(=O)O[C@H]1[C@H](O)[C@]2(COC(C)=O)[C@@H](O)C[C@]3(C)C(=CC[C@@H]4[C@@]5(C)CC[C@H](O[C@@H]6O[C@H](C(=O)O)[C@@H](O[C@@H]7O[C@H](CO)[C@@H](O)[C@H](O)[C@H]7O)[C@H](O)[C@H]6O[C@@H]6O[C@H](CO)[C@@H](O)[C@H](O)[C@H]6O)[C@@](C)(CO)[C@@H]5CC[C@]43C)[C@@H]2CC1(C)C. The Balaban J connectivity index is 1.11. The fraction of sp³-hybridized carbons (Fsp3) is 0.873. The predicted molar refractivity (Wildman–Crippen MR) is 269 cm³/mol. The Labute approximate surface area is 459 Å². The molecule has 3 heterocycles. The minimum atomic E-state index is -2.18. The maximum Gasteiger partial charge on any atom is 0.335 e. The van der Waals surface area contributed by atoms with E-state index >= 15 is 0 Å². The molecule has 5 aliphatic carbocycles. The van der Waals surface area contributed by atoms with Crippen LogP contribution in [0.2, 0.25) is 0 Å². The first kappa shape index (κ1) is 62.2. The number of carbonyl (C=O) groups is 3. The molecule has 27 atom stereocenters. The minimum absolute atomic E-state index is 0.0849. The summed E-state index contributed by atoms with van der Waals surface area (Å²) in [6.07, 6.45) is -26.8. The molecule has 7 fully saturated rings. The van der Waals surface area contributed by atoms with Crippen molar-refractivity contribution in [3.05, 3.63) is 23.3 Å². The van der Waals surface area contributed by atoms with Crippen LogP contribution in [0.3, 0.4) is 0 Å². The van der Waals surface area contributed by atoms with Crippen LogP contribution in [0.15, 0.2) is 23.3 Å². The first-order chi connectivity index (χ1) is 36.9. The number of hydrogen-bond donors (Lipinski definition) is 13. The quantitative estimate of drug-likeness (QED) is 0.0415. The summed E-state index contributed by atoms with van der Waals surface area (Å²) in [7, 11) is 0. The van der Waals surface area contributed by atoms with Crippen molar-refractivity contribution in [3.8, 4) is 0 Å². The highest BCUT2D eigenvalue weighted by Crippen LogP contribution is 2.76. The number of fused-ring (bicyclic) bond motifs is 7. The Morgan fingerprint density at radius 2 is 1.28 bits per heavy atom. The van der Waals surface area contributed by atoms with Crippen LogP contribution >= 0.6 is 0 Å². The van der Waals surface area contributed by atoms with Crippen molar-refractivity contribution < 1.29 is 119 Å². The molecule has 450 valence electrons. The molecule has 0 amide bonds. The van der Waals surface area contributed by atoms with Gasteiger partial charge in [-0.25, -0.2) is 9.59 Å². The number of carboxylic acid groups (broad SMARTS) is 1. The highest BCUT2D eigenvalue weighted by Gasteiger charge is 2.74. The topological polar surface area (TPSA) is 388 Å². The van der Waals surface area contributed by atoms with E-state index in [9.17, 15) is 80.8 Å². The van der Waals surface area contributed by atoms with Gasteiger partial charge in [-0.2, -0.15) is 0 Å². The van der Waals surface area contributed by atoms with Gasteiger partial charge >= 0.3 is 17.9 Å². The van der Waals surface area contributed by atoms with Gasteiger partial charge in [-0.3, -0.25) is 4.79 Å². The largest absolute Gasteiger partial charge is 0.479 e. The molecule has 0 unspecified atom stereocenters. The molecule has 0 aromatic heterocycles. The summed E-state index contributed by atoms with van der Waals surface area (Å²) in [4.78, 5) is 39.0. The molecule has 0 spiro atoms. The van der Waals surface area contributed by atoms with Crippen molar-refractivity contribution in [2.75, 3.05) is 26.4 Å². The summed E-state index contributed by atoms with van der Waals surface area (Å²) in [6.45, 7) is 14.3. The summed E-state index contributed by atoms with van der Waals surface area (Å²) in [6, 6.07) is 0. The zero-order valence-electron chi connectivity index (χ0n) is 46.4. The van der Waals surface area contributed by atoms with E-state index in [0.29, 0.717) is 37.7 Å². The lowest BCUT2D eigenvalue weighted by Crippen LogP contribution is -2.72. The number of aliphatic hydroxyl groups is 12. The predicted octanol–water partition coefficient (Wildman–Crippen LogP) is -1.32. The third-order valence-electron chi connectivity index (χ3n) is 21.0. The molecule has 8 rings (SSSR count). The van der Waals surface area contributed by atoms with Crippen LogP contribution < -0.4 is 0 Å². The van der Waals surface area contributed by atoms with Gasteiger partial charge in [0.25, 0.3) is 0 Å². The number of carboxylic acids is 1. The molecule has 24 nitrogen and oxygen atoms in total. The zero-order valence-corrected chi connectivity index (χ0v) is 46.4. The second-order valence-corrected chi connectivity index (χ2v) is 25.6. The number of esters is 2. The molecule has 79 heavy (non-hydrogen) atoms. The second kappa shape index (κ2) is 22.6. The minimum Gasteiger partial charge on any atom is -0.479 e. The van der Waals surface area contributed by atoms with Gasteiger partial charge in [0.1, 0.15) is 86.0 Å². The molecule has 24 heteroatoms. The molecule has 3 saturated heterocycles. The Morgan fingerprint density at radius 1 is 0.696 bits per heavy atom. The molecule has 0 aromatic carbocycles. The number of hydrogen-bond acceptors (Lipinski definition) is 23. The van der Waals surface area contributed by atoms with Crippen LogP contribution in [0.5, 0.6) is 0 Å². The summed E-state index contributed by atoms with van der Waals surface area (Å²) >= 11 is 0. The van der Waals surface area contributed by atoms with E-state index in [1.807, 2.05) is 20.8 Å². The summed E-state index contributed by atoms with van der Waals surface area (Å²) in [5, 5.41) is 144. The average molecular weight is 1130 g/mol. The Bertz CT molecular complexity index is 2290. The number of rotatable bonds is 14. The zero-order chi connectivity index (χ0) is 58.4. The first-order valence-electron chi connectivity index (χ1n) is 27.7. The monoisotopic (exact) mass is 1130 g/mol. The van der Waals surface area contributed by atoms with E-state index in [2.05, 4.69) is 26.8 Å². The lowest BCUT2D eigenvalue weighted by Gasteiger charge is -2.72. The maximum absolute atomic E-state index is 13.3. The maximum atomic E-state index is 13.3. The highest BCUT2D eigenvalue weighted by atomic mass is 16.8. The van der Waals surface area contributed by atoms with Crippen molar-refractivity contribution in [1.29, 1.82) is 0 Å². The van der Waals surface area contributed by atoms with E-state index in [1.54, 1.807) is 19.9 Å². The Hall–Kier alpha value is -2.83. The molecule has 0 aromatic rings. The lowest BCUT2D eigenvalue weighted by atomic mass is 9.33. The lowest BCUT2D eigenvalue weighted by molar-refractivity contribution is -0.392. The van der Waals surface area contributed by atoms with Crippen LogP contribution in [0.1, 0.15) is 107 Å². The molecule has 4 saturated carbocycles. The van der Waals surface area contributed by atoms with Gasteiger partial charge in [-0.15, -0.1) is 0 Å². The van der Waals surface area contributed by atoms with Crippen LogP contribution in [0.25, 0.3) is 0 Å². The van der Waals surface area contributed by atoms with Crippen LogP contribution in [0.4, 0.5) is 0 Å². The summed E-state index contributed by atoms with van der Waals surface area (Å²) < 4.78 is 47.7. The van der Waals surface area contributed by atoms with Crippen molar-refractivity contribution in [2.24, 2.45) is 50.2 Å². The molecule has 0 bridgehead atoms. The molecular weight excluding hydrogens is 1040 g/mol. The van der Waals surface area contributed by atoms with Crippen LogP contribution in [-0.4, -0.2) is 227 Å². The van der Waals surface area contributed by atoms with Gasteiger partial charge in [0.05, 0.1) is 37.4 Å². The fourth-order valence-corrected chi connectivity index (χ4v) is 16.1. The molecular formula is C55H86O24. The molecule has 8 aliphatic rings. The standard InChI is InChI=1S/C55H86O24/c1-10-23(2)46(71)79-44-43(68)55(22-72-24(3)59)26(17-50(44,4)5)25-11-12-30-51(6)15-14-32(52(7,21-58)29(51)13-16-53(30,8)54(25,9)18-31(55)60)75-49-41(77-48-38(66)36(64)34(62)28(20-57)74-48)39(67)40(42(78-49)45(69)70)76-47-37(65)35(63)33(61)27(19-56)73-47/h10-11,26-44,47-49,56-58,60-68H,12-22H2,1-9H3,(H,69,70)/b23-10+/t26-,27+,28+,29+,30+,31-,32-,33+,34+,35-,36-,37+,38+,39-,40-,41+,42-,43-,44-,47-,48-,49+,51-,52-,53+,54+,55-/m0/s1. The highest BCUT2D eigenvalue weighted by molar-refractivity contribution is 5.87. The van der Waals surface area contributed by atoms with Crippen molar-refractivity contribution >= 4 is 17.9 Å². The van der Waals surface area contributed by atoms with Gasteiger partial charge in [-0.05, 0) is 92.8 Å². The third kappa shape index (κ3) is 10.0. The van der Waals surface area contributed by atoms with Crippen molar-refractivity contribution in [1.82, 2.24) is 0 Å². The van der Waals surface area contributed by atoms with E-state index in [0.717, 1.165) is 5.57 Å². The van der Waals surface area contributed by atoms with E-state index in [-0.39, 0.29) is 31.3 Å². The number of aliphatic carboxylic acids is 1. The Morgan fingerprint density at radius 3 is 1.81 bits per heavy atom. The number of ether oxygens (including phenoxy) is 8. The molecule has 13 N–H and O–H groups in total. The number of allylic oxidation sites excluding steroid dienone is 3. The smallest absolute Gasteiger partial charge is 0.335 e. The summed E-state index contributed by atoms with van der Waals surface area (Å²) in [5.41, 5.74) is -3.78. The molecule has 0 radical (unpaired) electrons. The van der Waals surface area contributed by atoms with Gasteiger partial charge in [-0.1, -0.05) is 59.3 Å². The Kier molecular flexibility index (Phi) is 17.8. The van der Waals surface area contributed by atoms with Gasteiger partial charge in [0.15, 0.2) is 25.0 Å². The first-order valence-corrected chi connectivity index (χ1v) is 27.7. The van der Waals surface area contributed by atoms with Crippen molar-refractivity contribution in [2.45, 2.75) is 224 Å². The number of aliphatic hydroxyl groups excluding tert-OH is 12. The third-order valence-corrected chi connectivity index (χ3v) is 21.0. The average Bonchev–Trinajstić information content (AvgIpc) is 3.39.